The van der Waals surface area contributed by atoms with E-state index in [9.17, 15) is 14.3 Å². The predicted octanol–water partition coefficient (Wildman–Crippen LogP) is 3.81. The summed E-state index contributed by atoms with van der Waals surface area (Å²) in [7, 11) is 0. The zero-order valence-corrected chi connectivity index (χ0v) is 25.2. The summed E-state index contributed by atoms with van der Waals surface area (Å²) in [5, 5.41) is 13.8. The van der Waals surface area contributed by atoms with Crippen LogP contribution in [0, 0.1) is 12.7 Å². The van der Waals surface area contributed by atoms with E-state index in [-0.39, 0.29) is 41.1 Å². The van der Waals surface area contributed by atoms with Crippen molar-refractivity contribution in [3.05, 3.63) is 45.6 Å². The van der Waals surface area contributed by atoms with Gasteiger partial charge >= 0.3 is 0 Å². The molecule has 0 bridgehead atoms. The van der Waals surface area contributed by atoms with Crippen molar-refractivity contribution in [3.63, 3.8) is 0 Å². The number of halogens is 2. The molecule has 0 amide bonds. The number of fused-ring (bicyclic) bond motifs is 2. The first-order chi connectivity index (χ1) is 21.3. The fraction of sp³-hybridized carbons (Fsp3) is 0.594. The van der Waals surface area contributed by atoms with Gasteiger partial charge in [-0.15, -0.1) is 0 Å². The Hall–Kier alpha value is -3.19. The van der Waals surface area contributed by atoms with Crippen molar-refractivity contribution in [2.24, 2.45) is 0 Å². The minimum absolute atomic E-state index is 0.0189. The van der Waals surface area contributed by atoms with Crippen LogP contribution in [0.2, 0.25) is 0 Å². The van der Waals surface area contributed by atoms with Gasteiger partial charge in [0.05, 0.1) is 36.8 Å². The maximum Gasteiger partial charge on any atom is 0.297 e. The number of phenols is 1. The number of aromatic hydroxyl groups is 1. The Morgan fingerprint density at radius 2 is 2.09 bits per heavy atom. The van der Waals surface area contributed by atoms with Crippen LogP contribution < -0.4 is 15.6 Å². The number of pyridine rings is 1. The largest absolute Gasteiger partial charge is 0.508 e. The predicted molar refractivity (Wildman–Crippen MR) is 161 cm³/mol. The lowest BCUT2D eigenvalue weighted by molar-refractivity contribution is 0.00438. The van der Waals surface area contributed by atoms with E-state index in [0.29, 0.717) is 44.8 Å². The summed E-state index contributed by atoms with van der Waals surface area (Å²) >= 11 is 0. The van der Waals surface area contributed by atoms with E-state index < -0.39 is 23.1 Å². The van der Waals surface area contributed by atoms with Gasteiger partial charge in [0.1, 0.15) is 29.7 Å². The summed E-state index contributed by atoms with van der Waals surface area (Å²) in [5.41, 5.74) is 0.693. The highest BCUT2D eigenvalue weighted by molar-refractivity contribution is 5.83. The quantitative estimate of drug-likeness (QED) is 0.277. The van der Waals surface area contributed by atoms with Gasteiger partial charge in [-0.05, 0) is 81.8 Å². The second-order valence-corrected chi connectivity index (χ2v) is 12.3. The second-order valence-electron chi connectivity index (χ2n) is 12.3. The summed E-state index contributed by atoms with van der Waals surface area (Å²) in [6.45, 7) is 6.35. The fourth-order valence-corrected chi connectivity index (χ4v) is 6.97. The van der Waals surface area contributed by atoms with Crippen LogP contribution in [0.4, 0.5) is 8.78 Å². The van der Waals surface area contributed by atoms with Crippen LogP contribution >= 0.6 is 0 Å². The Bertz CT molecular complexity index is 1530. The van der Waals surface area contributed by atoms with E-state index in [0.717, 1.165) is 56.4 Å². The highest BCUT2D eigenvalue weighted by Crippen LogP contribution is 2.40. The molecule has 3 fully saturated rings. The molecule has 0 saturated carbocycles. The van der Waals surface area contributed by atoms with E-state index in [1.807, 2.05) is 6.92 Å². The van der Waals surface area contributed by atoms with E-state index in [2.05, 4.69) is 25.2 Å². The molecule has 3 aromatic rings. The molecule has 44 heavy (non-hydrogen) atoms. The number of hydrogen-bond acceptors (Lipinski definition) is 9. The van der Waals surface area contributed by atoms with Crippen LogP contribution in [0.3, 0.4) is 0 Å². The Kier molecular flexibility index (Phi) is 9.41. The molecule has 5 heterocycles. The van der Waals surface area contributed by atoms with Crippen molar-refractivity contribution in [2.75, 3.05) is 52.6 Å². The lowest BCUT2D eigenvalue weighted by atomic mass is 9.95. The summed E-state index contributed by atoms with van der Waals surface area (Å²) < 4.78 is 48.0. The number of aromatic amines is 1. The van der Waals surface area contributed by atoms with Crippen LogP contribution in [-0.4, -0.2) is 95.4 Å². The first-order valence-electron chi connectivity index (χ1n) is 15.7. The lowest BCUT2D eigenvalue weighted by Crippen LogP contribution is -2.43. The fourth-order valence-electron chi connectivity index (χ4n) is 6.97. The van der Waals surface area contributed by atoms with Crippen molar-refractivity contribution in [3.8, 4) is 23.0 Å². The van der Waals surface area contributed by atoms with Gasteiger partial charge in [-0.1, -0.05) is 0 Å². The zero-order valence-electron chi connectivity index (χ0n) is 25.2. The summed E-state index contributed by atoms with van der Waals surface area (Å²) in [6.07, 6.45) is 6.48. The molecule has 6 rings (SSSR count). The molecule has 12 heteroatoms. The van der Waals surface area contributed by atoms with Gasteiger partial charge in [0, 0.05) is 31.3 Å². The molecule has 3 aliphatic rings. The molecular formula is C32H41F2N5O5. The van der Waals surface area contributed by atoms with E-state index >= 15 is 4.39 Å². The Morgan fingerprint density at radius 3 is 2.98 bits per heavy atom. The monoisotopic (exact) mass is 613 g/mol. The first kappa shape index (κ1) is 30.8. The molecule has 238 valence electrons. The molecular weight excluding hydrogens is 572 g/mol. The number of aryl methyl sites for hydroxylation is 1. The van der Waals surface area contributed by atoms with Crippen molar-refractivity contribution in [1.82, 2.24) is 25.2 Å². The third-order valence-electron chi connectivity index (χ3n) is 9.20. The highest BCUT2D eigenvalue weighted by Gasteiger charge is 2.49. The normalized spacial score (nSPS) is 24.1. The van der Waals surface area contributed by atoms with Crippen LogP contribution in [0.1, 0.15) is 49.7 Å². The van der Waals surface area contributed by atoms with Crippen LogP contribution in [0.15, 0.2) is 23.1 Å². The number of ether oxygens (including phenoxy) is 3. The topological polar surface area (TPSA) is 122 Å². The highest BCUT2D eigenvalue weighted by atomic mass is 19.1. The Balaban J connectivity index is 1.18. The molecule has 3 saturated heterocycles. The number of benzene rings is 1. The molecule has 0 unspecified atom stereocenters. The Labute approximate surface area is 255 Å². The number of nitrogens with one attached hydrogen (secondary N) is 2. The minimum Gasteiger partial charge on any atom is -0.508 e. The number of phenolic OH excluding ortho intramolecular Hbond substituents is 1. The van der Waals surface area contributed by atoms with Crippen LogP contribution in [0.5, 0.6) is 11.8 Å². The van der Waals surface area contributed by atoms with Gasteiger partial charge in [-0.2, -0.15) is 4.98 Å². The van der Waals surface area contributed by atoms with Gasteiger partial charge in [-0.3, -0.25) is 19.7 Å². The summed E-state index contributed by atoms with van der Waals surface area (Å²) in [4.78, 5) is 26.1. The lowest BCUT2D eigenvalue weighted by Gasteiger charge is -2.30. The SMILES string of the molecule is Cc1cc(O)cc(-c2ncc3c(=O)[nH]c(OC[C@@]45CCCN4C[C@H](F)C5)nc3c2F)c1CCOCCO[C@@H]1CCCCNC1. The third-order valence-corrected chi connectivity index (χ3v) is 9.20. The van der Waals surface area contributed by atoms with Crippen molar-refractivity contribution < 1.29 is 28.1 Å². The number of nitrogens with zero attached hydrogens (tertiary/aromatic N) is 3. The van der Waals surface area contributed by atoms with Crippen molar-refractivity contribution >= 4 is 10.9 Å². The number of alkyl halides is 1. The summed E-state index contributed by atoms with van der Waals surface area (Å²) in [6, 6.07) is 2.96. The number of rotatable bonds is 11. The van der Waals surface area contributed by atoms with Gasteiger partial charge in [0.15, 0.2) is 5.82 Å². The average Bonchev–Trinajstić information content (AvgIpc) is 3.38. The van der Waals surface area contributed by atoms with Gasteiger partial charge in [0.25, 0.3) is 11.6 Å². The average molecular weight is 614 g/mol. The maximum atomic E-state index is 16.1. The smallest absolute Gasteiger partial charge is 0.297 e. The summed E-state index contributed by atoms with van der Waals surface area (Å²) in [5.74, 6) is -0.818. The van der Waals surface area contributed by atoms with E-state index in [4.69, 9.17) is 14.2 Å². The minimum atomic E-state index is -0.920. The molecule has 0 radical (unpaired) electrons. The number of H-pyrrole nitrogens is 1. The molecule has 1 aromatic carbocycles. The van der Waals surface area contributed by atoms with Crippen molar-refractivity contribution in [1.29, 1.82) is 0 Å². The molecule has 3 N–H and O–H groups in total. The molecule has 10 nitrogen and oxygen atoms in total. The van der Waals surface area contributed by atoms with Gasteiger partial charge < -0.3 is 24.6 Å². The first-order valence-corrected chi connectivity index (χ1v) is 15.7. The number of aromatic nitrogens is 3. The zero-order chi connectivity index (χ0) is 30.7. The van der Waals surface area contributed by atoms with Gasteiger partial charge in [-0.25, -0.2) is 8.78 Å². The molecule has 0 aliphatic carbocycles. The third kappa shape index (κ3) is 6.58. The Morgan fingerprint density at radius 1 is 1.20 bits per heavy atom. The standard InChI is InChI=1S/C32H41F2N5O5/c1-20-13-22(40)14-25(24(20)6-10-42-11-12-43-23-5-2-3-8-35-16-23)28-27(34)29-26(17-36-28)30(41)38-31(37-29)44-19-32-7-4-9-39(32)18-21(33)15-32/h13-14,17,21,23,35,40H,2-12,15-16,18-19H2,1H3,(H,37,38,41)/t21-,23-,32+/m1/s1. The molecule has 3 atom stereocenters. The van der Waals surface area contributed by atoms with E-state index in [1.165, 1.54) is 18.7 Å². The second kappa shape index (κ2) is 13.4. The molecule has 3 aliphatic heterocycles. The van der Waals surface area contributed by atoms with Crippen LogP contribution in [0.25, 0.3) is 22.2 Å². The van der Waals surface area contributed by atoms with Crippen LogP contribution in [-0.2, 0) is 15.9 Å². The number of hydrogen-bond donors (Lipinski definition) is 3. The van der Waals surface area contributed by atoms with E-state index in [1.54, 1.807) is 6.07 Å². The molecule has 2 aromatic heterocycles. The molecule has 0 spiro atoms. The van der Waals surface area contributed by atoms with Crippen molar-refractivity contribution in [2.45, 2.75) is 69.7 Å². The van der Waals surface area contributed by atoms with Gasteiger partial charge in [0.2, 0.25) is 0 Å². The maximum absolute atomic E-state index is 16.1.